The number of hydrogen-bond donors (Lipinski definition) is 0. The van der Waals surface area contributed by atoms with Crippen LogP contribution >= 0.6 is 0 Å². The zero-order chi connectivity index (χ0) is 42.1. The normalized spacial score (nSPS) is 11.1. The van der Waals surface area contributed by atoms with E-state index >= 15 is 0 Å². The quantitative estimate of drug-likeness (QED) is 0.108. The van der Waals surface area contributed by atoms with Crippen molar-refractivity contribution in [2.24, 2.45) is 0 Å². The number of nitrogens with zero attached hydrogens (tertiary/aromatic N) is 4. The molecule has 61 heavy (non-hydrogen) atoms. The molecular weight excluding hydrogens is 741 g/mol. The molecule has 8 rings (SSSR count). The molecule has 8 aromatic rings. The molecule has 0 aliphatic heterocycles. The van der Waals surface area contributed by atoms with E-state index in [1.165, 1.54) is 16.7 Å². The minimum atomic E-state index is 1.05. The van der Waals surface area contributed by atoms with Crippen LogP contribution in [0.3, 0.4) is 0 Å². The summed E-state index contributed by atoms with van der Waals surface area (Å²) < 4.78 is 0. The highest BCUT2D eigenvalue weighted by atomic mass is 15.2. The third-order valence-electron chi connectivity index (χ3n) is 10.7. The van der Waals surface area contributed by atoms with E-state index in [1.807, 2.05) is 0 Å². The summed E-state index contributed by atoms with van der Waals surface area (Å²) in [6.45, 7) is 10.7. The average molecular weight is 793 g/mol. The molecule has 0 aromatic heterocycles. The van der Waals surface area contributed by atoms with Gasteiger partial charge in [-0.05, 0) is 185 Å². The van der Waals surface area contributed by atoms with Crippen LogP contribution in [0.2, 0.25) is 0 Å². The predicted molar refractivity (Wildman–Crippen MR) is 262 cm³/mol. The molecular formula is C57H52N4. The first-order valence-corrected chi connectivity index (χ1v) is 21.0. The fourth-order valence-electron chi connectivity index (χ4n) is 7.88. The molecule has 300 valence electrons. The topological polar surface area (TPSA) is 13.0 Å². The Morgan fingerprint density at radius 3 is 0.934 bits per heavy atom. The lowest BCUT2D eigenvalue weighted by molar-refractivity contribution is 1.18. The van der Waals surface area contributed by atoms with E-state index in [-0.39, 0.29) is 0 Å². The van der Waals surface area contributed by atoms with Crippen LogP contribution in [0.25, 0.3) is 0 Å². The summed E-state index contributed by atoms with van der Waals surface area (Å²) >= 11 is 0. The van der Waals surface area contributed by atoms with E-state index in [1.54, 1.807) is 0 Å². The Balaban J connectivity index is 1.23. The van der Waals surface area contributed by atoms with E-state index in [4.69, 9.17) is 0 Å². The average Bonchev–Trinajstić information content (AvgIpc) is 3.29. The lowest BCUT2D eigenvalue weighted by atomic mass is 10.1. The van der Waals surface area contributed by atoms with Crippen molar-refractivity contribution in [3.05, 3.63) is 247 Å². The first-order valence-electron chi connectivity index (χ1n) is 21.0. The van der Waals surface area contributed by atoms with Crippen molar-refractivity contribution in [3.8, 4) is 0 Å². The van der Waals surface area contributed by atoms with Gasteiger partial charge in [-0.25, -0.2) is 0 Å². The molecule has 0 aliphatic rings. The summed E-state index contributed by atoms with van der Waals surface area (Å²) in [4.78, 5) is 9.29. The number of rotatable bonds is 13. The van der Waals surface area contributed by atoms with Gasteiger partial charge < -0.3 is 19.6 Å². The standard InChI is InChI=1S/C57H52N4/c1-6-46(40-43(2)3)58(47-20-10-7-11-21-47)50-28-30-51(31-29-50)59(52-32-36-54(37-33-52)60(48-22-12-8-13-23-48)56-26-16-18-44(4)41-56)53-34-38-55(39-35-53)61(49-24-14-9-15-25-49)57-27-17-19-45(5)42-57/h6-42H,1-5H3/b46-6+. The van der Waals surface area contributed by atoms with Crippen molar-refractivity contribution in [3.63, 3.8) is 0 Å². The van der Waals surface area contributed by atoms with Crippen LogP contribution in [-0.2, 0) is 0 Å². The Morgan fingerprint density at radius 1 is 0.328 bits per heavy atom. The number of aryl methyl sites for hydroxylation is 2. The summed E-state index contributed by atoms with van der Waals surface area (Å²) in [6, 6.07) is 75.8. The van der Waals surface area contributed by atoms with E-state index in [2.05, 4.69) is 279 Å². The van der Waals surface area contributed by atoms with Crippen molar-refractivity contribution in [1.29, 1.82) is 0 Å². The number of allylic oxidation sites excluding steroid dienone is 3. The molecule has 0 unspecified atom stereocenters. The minimum absolute atomic E-state index is 1.05. The third-order valence-corrected chi connectivity index (χ3v) is 10.7. The molecule has 0 fully saturated rings. The second-order valence-electron chi connectivity index (χ2n) is 15.5. The van der Waals surface area contributed by atoms with Gasteiger partial charge in [0.2, 0.25) is 0 Å². The molecule has 0 radical (unpaired) electrons. The second-order valence-corrected chi connectivity index (χ2v) is 15.5. The number of para-hydroxylation sites is 3. The van der Waals surface area contributed by atoms with Crippen LogP contribution in [0.4, 0.5) is 62.6 Å². The van der Waals surface area contributed by atoms with Crippen LogP contribution in [0.5, 0.6) is 0 Å². The summed E-state index contributed by atoms with van der Waals surface area (Å²) in [5, 5.41) is 0. The first kappa shape index (κ1) is 40.2. The molecule has 4 nitrogen and oxygen atoms in total. The van der Waals surface area contributed by atoms with Gasteiger partial charge in [0.1, 0.15) is 0 Å². The maximum atomic E-state index is 2.34. The molecule has 0 saturated carbocycles. The molecule has 0 aliphatic carbocycles. The predicted octanol–water partition coefficient (Wildman–Crippen LogP) is 16.7. The van der Waals surface area contributed by atoms with Gasteiger partial charge in [-0.1, -0.05) is 90.5 Å². The molecule has 0 spiro atoms. The van der Waals surface area contributed by atoms with Crippen molar-refractivity contribution in [1.82, 2.24) is 0 Å². The van der Waals surface area contributed by atoms with Crippen LogP contribution < -0.4 is 19.6 Å². The van der Waals surface area contributed by atoms with Crippen molar-refractivity contribution in [2.45, 2.75) is 34.6 Å². The van der Waals surface area contributed by atoms with Gasteiger partial charge in [-0.15, -0.1) is 0 Å². The number of anilines is 11. The molecule has 0 N–H and O–H groups in total. The fourth-order valence-corrected chi connectivity index (χ4v) is 7.88. The fraction of sp³-hybridized carbons (Fsp3) is 0.0877. The Morgan fingerprint density at radius 2 is 0.607 bits per heavy atom. The van der Waals surface area contributed by atoms with Crippen molar-refractivity contribution in [2.75, 3.05) is 19.6 Å². The van der Waals surface area contributed by atoms with E-state index in [0.717, 1.165) is 68.3 Å². The van der Waals surface area contributed by atoms with E-state index < -0.39 is 0 Å². The molecule has 0 saturated heterocycles. The molecule has 0 heterocycles. The molecule has 4 heteroatoms. The Kier molecular flexibility index (Phi) is 12.2. The Hall–Kier alpha value is -7.56. The molecule has 0 amide bonds. The van der Waals surface area contributed by atoms with Gasteiger partial charge in [0.05, 0.1) is 0 Å². The van der Waals surface area contributed by atoms with Crippen LogP contribution in [0, 0.1) is 13.8 Å². The first-order chi connectivity index (χ1) is 29.9. The zero-order valence-electron chi connectivity index (χ0n) is 35.7. The maximum absolute atomic E-state index is 2.34. The van der Waals surface area contributed by atoms with Gasteiger partial charge in [-0.2, -0.15) is 0 Å². The summed E-state index contributed by atoms with van der Waals surface area (Å²) in [7, 11) is 0. The van der Waals surface area contributed by atoms with Gasteiger partial charge in [-0.3, -0.25) is 0 Å². The largest absolute Gasteiger partial charge is 0.311 e. The highest BCUT2D eigenvalue weighted by molar-refractivity contribution is 5.84. The molecule has 8 aromatic carbocycles. The van der Waals surface area contributed by atoms with Gasteiger partial charge in [0.25, 0.3) is 0 Å². The van der Waals surface area contributed by atoms with Gasteiger partial charge in [0.15, 0.2) is 0 Å². The third kappa shape index (κ3) is 9.20. The summed E-state index contributed by atoms with van der Waals surface area (Å²) in [6.07, 6.45) is 4.41. The second kappa shape index (κ2) is 18.6. The van der Waals surface area contributed by atoms with Gasteiger partial charge >= 0.3 is 0 Å². The summed E-state index contributed by atoms with van der Waals surface area (Å²) in [5.41, 5.74) is 16.8. The highest BCUT2D eigenvalue weighted by Gasteiger charge is 2.19. The van der Waals surface area contributed by atoms with Crippen LogP contribution in [0.1, 0.15) is 31.9 Å². The van der Waals surface area contributed by atoms with Crippen molar-refractivity contribution >= 4 is 62.6 Å². The van der Waals surface area contributed by atoms with Gasteiger partial charge in [0, 0.05) is 68.3 Å². The smallest absolute Gasteiger partial charge is 0.0464 e. The highest BCUT2D eigenvalue weighted by Crippen LogP contribution is 2.42. The number of benzene rings is 8. The Labute approximate surface area is 362 Å². The summed E-state index contributed by atoms with van der Waals surface area (Å²) in [5.74, 6) is 0. The molecule has 0 atom stereocenters. The van der Waals surface area contributed by atoms with E-state index in [0.29, 0.717) is 0 Å². The lowest BCUT2D eigenvalue weighted by Gasteiger charge is -2.30. The Bertz CT molecular complexity index is 2590. The maximum Gasteiger partial charge on any atom is 0.0464 e. The van der Waals surface area contributed by atoms with E-state index in [9.17, 15) is 0 Å². The zero-order valence-corrected chi connectivity index (χ0v) is 35.7. The monoisotopic (exact) mass is 792 g/mol. The van der Waals surface area contributed by atoms with Crippen LogP contribution in [0.15, 0.2) is 236 Å². The number of hydrogen-bond acceptors (Lipinski definition) is 4. The SMILES string of the molecule is C/C=C(\C=C(C)C)N(c1ccccc1)c1ccc(N(c2ccc(N(c3ccccc3)c3cccc(C)c3)cc2)c2ccc(N(c3ccccc3)c3cccc(C)c3)cc2)cc1. The molecule has 0 bridgehead atoms. The lowest BCUT2D eigenvalue weighted by Crippen LogP contribution is -2.16. The van der Waals surface area contributed by atoms with Crippen molar-refractivity contribution < 1.29 is 0 Å². The van der Waals surface area contributed by atoms with Crippen LogP contribution in [-0.4, -0.2) is 0 Å². The minimum Gasteiger partial charge on any atom is -0.311 e.